The number of hydrogen-bond acceptors (Lipinski definition) is 7. The van der Waals surface area contributed by atoms with Gasteiger partial charge in [0, 0.05) is 45.5 Å². The summed E-state index contributed by atoms with van der Waals surface area (Å²) in [7, 11) is 3.32. The van der Waals surface area contributed by atoms with Crippen LogP contribution in [-0.4, -0.2) is 57.7 Å². The van der Waals surface area contributed by atoms with E-state index >= 15 is 0 Å². The van der Waals surface area contributed by atoms with E-state index in [-0.39, 0.29) is 5.91 Å². The molecule has 1 unspecified atom stereocenters. The molecule has 2 rings (SSSR count). The highest BCUT2D eigenvalue weighted by Crippen LogP contribution is 2.39. The Morgan fingerprint density at radius 2 is 2.03 bits per heavy atom. The summed E-state index contributed by atoms with van der Waals surface area (Å²) in [4.78, 5) is 23.3. The second kappa shape index (κ2) is 11.5. The van der Waals surface area contributed by atoms with Gasteiger partial charge in [0.1, 0.15) is 17.2 Å². The first-order valence-corrected chi connectivity index (χ1v) is 10.3. The molecule has 0 spiro atoms. The Kier molecular flexibility index (Phi) is 9.01. The number of allylic oxidation sites excluding steroid dienone is 1. The largest absolute Gasteiger partial charge is 0.385 e. The van der Waals surface area contributed by atoms with Crippen molar-refractivity contribution in [3.05, 3.63) is 41.3 Å². The lowest BCUT2D eigenvalue weighted by molar-refractivity contribution is -0.114. The second-order valence-corrected chi connectivity index (χ2v) is 7.29. The maximum absolute atomic E-state index is 12.4. The number of nitrogens with two attached hydrogens (primary N) is 2. The standard InChI is InChI=1S/C22H34N6O2/c1-15(25-3)20(27-16(2)22(29)26-12-7-13-30-4)21(24)28-14-17(10-11-23)18-8-5-6-9-19(18)28/h5-6,8-9,17H,7,10-14,23-24H2,1-4H3,(H,26,29)/b21-20?,25-15-,27-16+. The summed E-state index contributed by atoms with van der Waals surface area (Å²) in [6.45, 7) is 5.97. The van der Waals surface area contributed by atoms with E-state index in [1.807, 2.05) is 30.0 Å². The molecule has 0 aromatic heterocycles. The summed E-state index contributed by atoms with van der Waals surface area (Å²) in [5.74, 6) is 0.554. The molecular weight excluding hydrogens is 380 g/mol. The molecule has 0 aliphatic carbocycles. The van der Waals surface area contributed by atoms with Crippen molar-refractivity contribution in [1.29, 1.82) is 0 Å². The number of benzene rings is 1. The number of amides is 1. The van der Waals surface area contributed by atoms with Crippen molar-refractivity contribution in [1.82, 2.24) is 5.32 Å². The summed E-state index contributed by atoms with van der Waals surface area (Å²) in [6, 6.07) is 8.19. The normalized spacial score (nSPS) is 17.6. The van der Waals surface area contributed by atoms with Gasteiger partial charge in [0.2, 0.25) is 0 Å². The lowest BCUT2D eigenvalue weighted by Gasteiger charge is -2.22. The number of hydrogen-bond donors (Lipinski definition) is 3. The quantitative estimate of drug-likeness (QED) is 0.398. The minimum Gasteiger partial charge on any atom is -0.385 e. The number of nitrogens with zero attached hydrogens (tertiary/aromatic N) is 3. The Labute approximate surface area is 179 Å². The molecule has 8 heteroatoms. The van der Waals surface area contributed by atoms with Gasteiger partial charge < -0.3 is 26.4 Å². The topological polar surface area (TPSA) is 118 Å². The highest BCUT2D eigenvalue weighted by Gasteiger charge is 2.30. The zero-order chi connectivity index (χ0) is 22.1. The molecule has 0 radical (unpaired) electrons. The van der Waals surface area contributed by atoms with Gasteiger partial charge in [-0.15, -0.1) is 0 Å². The van der Waals surface area contributed by atoms with E-state index in [9.17, 15) is 4.79 Å². The van der Waals surface area contributed by atoms with E-state index in [0.29, 0.717) is 48.6 Å². The van der Waals surface area contributed by atoms with Gasteiger partial charge in [-0.25, -0.2) is 4.99 Å². The molecule has 0 saturated heterocycles. The maximum Gasteiger partial charge on any atom is 0.265 e. The van der Waals surface area contributed by atoms with Gasteiger partial charge in [-0.2, -0.15) is 0 Å². The second-order valence-electron chi connectivity index (χ2n) is 7.29. The number of carbonyl (C=O) groups is 1. The molecule has 1 aromatic carbocycles. The van der Waals surface area contributed by atoms with Gasteiger partial charge >= 0.3 is 0 Å². The molecule has 8 nitrogen and oxygen atoms in total. The number of aliphatic imine (C=N–C) groups is 2. The molecule has 0 saturated carbocycles. The monoisotopic (exact) mass is 414 g/mol. The summed E-state index contributed by atoms with van der Waals surface area (Å²) in [5.41, 5.74) is 16.2. The number of rotatable bonds is 10. The molecule has 1 aliphatic heterocycles. The minimum absolute atomic E-state index is 0.233. The number of nitrogens with one attached hydrogen (secondary N) is 1. The first kappa shape index (κ1) is 23.6. The third-order valence-electron chi connectivity index (χ3n) is 5.22. The first-order valence-electron chi connectivity index (χ1n) is 10.3. The molecular formula is C22H34N6O2. The lowest BCUT2D eigenvalue weighted by atomic mass is 9.98. The van der Waals surface area contributed by atoms with Crippen molar-refractivity contribution < 1.29 is 9.53 Å². The van der Waals surface area contributed by atoms with E-state index in [1.165, 1.54) is 5.56 Å². The third kappa shape index (κ3) is 5.67. The predicted molar refractivity (Wildman–Crippen MR) is 123 cm³/mol. The van der Waals surface area contributed by atoms with Crippen molar-refractivity contribution in [3.8, 4) is 0 Å². The van der Waals surface area contributed by atoms with Gasteiger partial charge in [0.05, 0.1) is 5.71 Å². The summed E-state index contributed by atoms with van der Waals surface area (Å²) < 4.78 is 5.00. The lowest BCUT2D eigenvalue weighted by Crippen LogP contribution is -2.32. The Hall–Kier alpha value is -2.71. The van der Waals surface area contributed by atoms with Gasteiger partial charge in [-0.3, -0.25) is 9.79 Å². The van der Waals surface area contributed by atoms with Crippen LogP contribution < -0.4 is 21.7 Å². The average molecular weight is 415 g/mol. The van der Waals surface area contributed by atoms with Crippen molar-refractivity contribution in [2.45, 2.75) is 32.6 Å². The Balaban J connectivity index is 2.35. The molecule has 1 aliphatic rings. The number of ether oxygens (including phenoxy) is 1. The molecule has 1 heterocycles. The van der Waals surface area contributed by atoms with Crippen molar-refractivity contribution >= 4 is 23.0 Å². The molecule has 30 heavy (non-hydrogen) atoms. The molecule has 5 N–H and O–H groups in total. The van der Waals surface area contributed by atoms with Crippen LogP contribution in [0, 0.1) is 0 Å². The van der Waals surface area contributed by atoms with E-state index in [1.54, 1.807) is 21.1 Å². The maximum atomic E-state index is 12.4. The predicted octanol–water partition coefficient (Wildman–Crippen LogP) is 1.77. The van der Waals surface area contributed by atoms with Crippen molar-refractivity contribution in [3.63, 3.8) is 0 Å². The fraction of sp³-hybridized carbons (Fsp3) is 0.500. The summed E-state index contributed by atoms with van der Waals surface area (Å²) >= 11 is 0. The number of para-hydroxylation sites is 1. The van der Waals surface area contributed by atoms with Crippen LogP contribution in [0.2, 0.25) is 0 Å². The van der Waals surface area contributed by atoms with Crippen molar-refractivity contribution in [2.75, 3.05) is 45.3 Å². The number of fused-ring (bicyclic) bond motifs is 1. The fourth-order valence-corrected chi connectivity index (χ4v) is 3.49. The van der Waals surface area contributed by atoms with Crippen LogP contribution in [0.15, 0.2) is 45.8 Å². The Morgan fingerprint density at radius 1 is 1.30 bits per heavy atom. The number of carbonyl (C=O) groups excluding carboxylic acids is 1. The Bertz CT molecular complexity index is 831. The highest BCUT2D eigenvalue weighted by molar-refractivity contribution is 6.38. The summed E-state index contributed by atoms with van der Waals surface area (Å²) in [6.07, 6.45) is 1.62. The third-order valence-corrected chi connectivity index (χ3v) is 5.22. The minimum atomic E-state index is -0.233. The van der Waals surface area contributed by atoms with Crippen LogP contribution >= 0.6 is 0 Å². The van der Waals surface area contributed by atoms with Crippen molar-refractivity contribution in [2.24, 2.45) is 21.5 Å². The summed E-state index contributed by atoms with van der Waals surface area (Å²) in [5, 5.41) is 2.85. The fourth-order valence-electron chi connectivity index (χ4n) is 3.49. The van der Waals surface area contributed by atoms with E-state index in [2.05, 4.69) is 21.4 Å². The molecule has 1 amide bonds. The van der Waals surface area contributed by atoms with Gasteiger partial charge in [-0.1, -0.05) is 18.2 Å². The zero-order valence-electron chi connectivity index (χ0n) is 18.4. The van der Waals surface area contributed by atoms with Crippen LogP contribution in [0.3, 0.4) is 0 Å². The molecule has 0 fully saturated rings. The number of methoxy groups -OCH3 is 1. The molecule has 164 valence electrons. The van der Waals surface area contributed by atoms with Gasteiger partial charge in [0.15, 0.2) is 0 Å². The first-order chi connectivity index (χ1) is 14.4. The zero-order valence-corrected chi connectivity index (χ0v) is 18.4. The number of anilines is 1. The van der Waals surface area contributed by atoms with Gasteiger partial charge in [0.25, 0.3) is 5.91 Å². The van der Waals surface area contributed by atoms with E-state index in [4.69, 9.17) is 16.2 Å². The van der Waals surface area contributed by atoms with Crippen LogP contribution in [0.5, 0.6) is 0 Å². The molecule has 0 bridgehead atoms. The van der Waals surface area contributed by atoms with E-state index < -0.39 is 0 Å². The SMILES string of the molecule is C/N=C(/C)C(/N=C(\C)C(=O)NCCCOC)=C(N)N1CC(CCN)c2ccccc21. The van der Waals surface area contributed by atoms with Gasteiger partial charge in [-0.05, 0) is 44.9 Å². The molecule has 1 aromatic rings. The van der Waals surface area contributed by atoms with Crippen LogP contribution in [0.1, 0.15) is 38.2 Å². The average Bonchev–Trinajstić information content (AvgIpc) is 3.12. The Morgan fingerprint density at radius 3 is 2.70 bits per heavy atom. The molecule has 1 atom stereocenters. The smallest absolute Gasteiger partial charge is 0.265 e. The van der Waals surface area contributed by atoms with Crippen LogP contribution in [0.25, 0.3) is 0 Å². The van der Waals surface area contributed by atoms with Crippen LogP contribution in [-0.2, 0) is 9.53 Å². The van der Waals surface area contributed by atoms with Crippen LogP contribution in [0.4, 0.5) is 5.69 Å². The highest BCUT2D eigenvalue weighted by atomic mass is 16.5. The van der Waals surface area contributed by atoms with E-state index in [0.717, 1.165) is 25.1 Å².